The van der Waals surface area contributed by atoms with Gasteiger partial charge in [-0.15, -0.1) is 0 Å². The molecule has 0 spiro atoms. The van der Waals surface area contributed by atoms with Crippen LogP contribution in [0.15, 0.2) is 0 Å². The summed E-state index contributed by atoms with van der Waals surface area (Å²) in [4.78, 5) is 12.4. The molecule has 0 aromatic carbocycles. The quantitative estimate of drug-likeness (QED) is 0.534. The van der Waals surface area contributed by atoms with Crippen LogP contribution in [0.3, 0.4) is 0 Å². The van der Waals surface area contributed by atoms with Gasteiger partial charge >= 0.3 is 5.97 Å². The van der Waals surface area contributed by atoms with E-state index in [-0.39, 0.29) is 17.5 Å². The zero-order valence-corrected chi connectivity index (χ0v) is 14.1. The van der Waals surface area contributed by atoms with Crippen LogP contribution in [0.5, 0.6) is 0 Å². The van der Waals surface area contributed by atoms with E-state index in [0.717, 1.165) is 12.3 Å². The molecule has 120 valence electrons. The van der Waals surface area contributed by atoms with Crippen molar-refractivity contribution in [3.8, 4) is 0 Å². The summed E-state index contributed by atoms with van der Waals surface area (Å²) in [6.45, 7) is 7.11. The Morgan fingerprint density at radius 1 is 1.05 bits per heavy atom. The molecule has 0 N–H and O–H groups in total. The smallest absolute Gasteiger partial charge is 0.306 e. The minimum absolute atomic E-state index is 0.0801. The molecule has 3 fully saturated rings. The molecule has 2 nitrogen and oxygen atoms in total. The molecule has 0 aromatic heterocycles. The van der Waals surface area contributed by atoms with Crippen molar-refractivity contribution < 1.29 is 9.53 Å². The third kappa shape index (κ3) is 2.64. The molecule has 2 heteroatoms. The van der Waals surface area contributed by atoms with Crippen molar-refractivity contribution in [3.63, 3.8) is 0 Å². The third-order valence-electron chi connectivity index (χ3n) is 7.42. The van der Waals surface area contributed by atoms with Crippen LogP contribution in [0.1, 0.15) is 85.0 Å². The van der Waals surface area contributed by atoms with Crippen molar-refractivity contribution >= 4 is 5.97 Å². The lowest BCUT2D eigenvalue weighted by Crippen LogP contribution is -2.38. The van der Waals surface area contributed by atoms with Crippen molar-refractivity contribution in [2.45, 2.75) is 91.1 Å². The first kappa shape index (κ1) is 15.4. The second-order valence-corrected chi connectivity index (χ2v) is 8.65. The first-order valence-electron chi connectivity index (χ1n) is 9.13. The summed E-state index contributed by atoms with van der Waals surface area (Å²) in [7, 11) is 0. The van der Waals surface area contributed by atoms with E-state index in [1.165, 1.54) is 51.4 Å². The van der Waals surface area contributed by atoms with E-state index in [9.17, 15) is 4.79 Å². The average Bonchev–Trinajstić information content (AvgIpc) is 2.69. The summed E-state index contributed by atoms with van der Waals surface area (Å²) >= 11 is 0. The highest BCUT2D eigenvalue weighted by molar-refractivity contribution is 5.70. The van der Waals surface area contributed by atoms with Gasteiger partial charge in [0.1, 0.15) is 6.10 Å². The van der Waals surface area contributed by atoms with Crippen molar-refractivity contribution in [1.82, 2.24) is 0 Å². The number of esters is 1. The maximum absolute atomic E-state index is 12.4. The van der Waals surface area contributed by atoms with Crippen LogP contribution in [-0.2, 0) is 9.53 Å². The van der Waals surface area contributed by atoms with Gasteiger partial charge in [-0.25, -0.2) is 0 Å². The lowest BCUT2D eigenvalue weighted by atomic mass is 9.70. The Bertz CT molecular complexity index is 392. The zero-order valence-electron chi connectivity index (χ0n) is 14.1. The Balaban J connectivity index is 1.56. The Morgan fingerprint density at radius 2 is 1.71 bits per heavy atom. The molecule has 3 aliphatic rings. The molecular formula is C19H32O2. The van der Waals surface area contributed by atoms with E-state index in [4.69, 9.17) is 4.74 Å². The van der Waals surface area contributed by atoms with E-state index in [2.05, 4.69) is 20.8 Å². The van der Waals surface area contributed by atoms with E-state index in [1.54, 1.807) is 0 Å². The lowest BCUT2D eigenvalue weighted by Gasteiger charge is -2.38. The molecule has 3 atom stereocenters. The maximum atomic E-state index is 12.4. The summed E-state index contributed by atoms with van der Waals surface area (Å²) in [5.74, 6) is 1.41. The Labute approximate surface area is 130 Å². The molecule has 3 aliphatic carbocycles. The van der Waals surface area contributed by atoms with Gasteiger partial charge in [0.05, 0.1) is 0 Å². The number of hydrogen-bond acceptors (Lipinski definition) is 2. The fraction of sp³-hybridized carbons (Fsp3) is 0.947. The minimum atomic E-state index is 0.0801. The maximum Gasteiger partial charge on any atom is 0.306 e. The molecular weight excluding hydrogens is 260 g/mol. The summed E-state index contributed by atoms with van der Waals surface area (Å²) in [5.41, 5.74) is 0.539. The Morgan fingerprint density at radius 3 is 2.24 bits per heavy atom. The molecule has 0 aliphatic heterocycles. The first-order valence-corrected chi connectivity index (χ1v) is 9.13. The number of rotatable bonds is 3. The van der Waals surface area contributed by atoms with Crippen LogP contribution in [0.25, 0.3) is 0 Å². The Hall–Kier alpha value is -0.530. The predicted octanol–water partition coefficient (Wildman–Crippen LogP) is 5.10. The molecule has 0 heterocycles. The van der Waals surface area contributed by atoms with Crippen LogP contribution >= 0.6 is 0 Å². The summed E-state index contributed by atoms with van der Waals surface area (Å²) in [5, 5.41) is 0. The molecule has 3 rings (SSSR count). The van der Waals surface area contributed by atoms with Gasteiger partial charge in [0.2, 0.25) is 0 Å². The van der Waals surface area contributed by atoms with E-state index >= 15 is 0 Å². The standard InChI is InChI=1S/C19H32O2/c1-18(2)15-10-11-19(18,3)16(13-15)21-17(20)12-14-8-6-4-5-7-9-14/h14-16H,4-13H2,1-3H3. The predicted molar refractivity (Wildman–Crippen MR) is 84.9 cm³/mol. The minimum Gasteiger partial charge on any atom is -0.462 e. The number of carbonyl (C=O) groups is 1. The molecule has 0 amide bonds. The third-order valence-corrected chi connectivity index (χ3v) is 7.42. The highest BCUT2D eigenvalue weighted by Gasteiger charge is 2.62. The normalized spacial score (nSPS) is 39.2. The van der Waals surface area contributed by atoms with E-state index < -0.39 is 0 Å². The SMILES string of the molecule is CC1(C)C2CCC1(C)C(OC(=O)CC1CCCCCC1)C2. The Kier molecular flexibility index (Phi) is 4.09. The fourth-order valence-electron chi connectivity index (χ4n) is 5.32. The van der Waals surface area contributed by atoms with Gasteiger partial charge in [-0.05, 0) is 49.4 Å². The van der Waals surface area contributed by atoms with Gasteiger partial charge in [-0.3, -0.25) is 4.79 Å². The van der Waals surface area contributed by atoms with E-state index in [0.29, 0.717) is 17.8 Å². The van der Waals surface area contributed by atoms with Crippen molar-refractivity contribution in [2.75, 3.05) is 0 Å². The molecule has 3 unspecified atom stereocenters. The second-order valence-electron chi connectivity index (χ2n) is 8.65. The number of fused-ring (bicyclic) bond motifs is 2. The van der Waals surface area contributed by atoms with Crippen LogP contribution in [0.2, 0.25) is 0 Å². The van der Waals surface area contributed by atoms with Gasteiger partial charge in [0.25, 0.3) is 0 Å². The summed E-state index contributed by atoms with van der Waals surface area (Å²) in [6, 6.07) is 0. The molecule has 2 bridgehead atoms. The van der Waals surface area contributed by atoms with Gasteiger partial charge in [-0.1, -0.05) is 46.5 Å². The summed E-state index contributed by atoms with van der Waals surface area (Å²) < 4.78 is 5.99. The molecule has 3 saturated carbocycles. The number of hydrogen-bond donors (Lipinski definition) is 0. The van der Waals surface area contributed by atoms with Crippen molar-refractivity contribution in [1.29, 1.82) is 0 Å². The number of carbonyl (C=O) groups excluding carboxylic acids is 1. The van der Waals surface area contributed by atoms with Crippen molar-refractivity contribution in [3.05, 3.63) is 0 Å². The average molecular weight is 292 g/mol. The van der Waals surface area contributed by atoms with Crippen LogP contribution < -0.4 is 0 Å². The monoisotopic (exact) mass is 292 g/mol. The van der Waals surface area contributed by atoms with Gasteiger partial charge in [0, 0.05) is 11.8 Å². The largest absolute Gasteiger partial charge is 0.462 e. The van der Waals surface area contributed by atoms with Crippen LogP contribution in [0, 0.1) is 22.7 Å². The van der Waals surface area contributed by atoms with Crippen molar-refractivity contribution in [2.24, 2.45) is 22.7 Å². The van der Waals surface area contributed by atoms with Crippen LogP contribution in [0.4, 0.5) is 0 Å². The molecule has 21 heavy (non-hydrogen) atoms. The van der Waals surface area contributed by atoms with Crippen LogP contribution in [-0.4, -0.2) is 12.1 Å². The van der Waals surface area contributed by atoms with Gasteiger partial charge in [0.15, 0.2) is 0 Å². The summed E-state index contributed by atoms with van der Waals surface area (Å²) in [6.07, 6.45) is 12.2. The molecule has 0 aromatic rings. The molecule has 0 radical (unpaired) electrons. The zero-order chi connectivity index (χ0) is 15.1. The topological polar surface area (TPSA) is 26.3 Å². The number of ether oxygens (including phenoxy) is 1. The van der Waals surface area contributed by atoms with E-state index in [1.807, 2.05) is 0 Å². The highest BCUT2D eigenvalue weighted by Crippen LogP contribution is 2.66. The van der Waals surface area contributed by atoms with Gasteiger partial charge in [-0.2, -0.15) is 0 Å². The second kappa shape index (κ2) is 5.59. The lowest BCUT2D eigenvalue weighted by molar-refractivity contribution is -0.158. The molecule has 0 saturated heterocycles. The highest BCUT2D eigenvalue weighted by atomic mass is 16.5. The fourth-order valence-corrected chi connectivity index (χ4v) is 5.32. The van der Waals surface area contributed by atoms with Gasteiger partial charge < -0.3 is 4.74 Å². The first-order chi connectivity index (χ1) is 9.93.